The van der Waals surface area contributed by atoms with Crippen molar-refractivity contribution in [3.05, 3.63) is 36.4 Å². The van der Waals surface area contributed by atoms with Crippen molar-refractivity contribution in [1.29, 1.82) is 0 Å². The van der Waals surface area contributed by atoms with Crippen molar-refractivity contribution < 1.29 is 47.6 Å². The molecule has 3 rings (SSSR count). The molecular weight excluding hydrogens is 319 g/mol. The summed E-state index contributed by atoms with van der Waals surface area (Å²) in [4.78, 5) is 0.508. The molecule has 3 N–H and O–H groups in total. The minimum absolute atomic E-state index is 0. The number of fused-ring (bicyclic) bond motifs is 1. The number of hydrogen-bond acceptors (Lipinski definition) is 6. The van der Waals surface area contributed by atoms with Crippen LogP contribution in [0.3, 0.4) is 0 Å². The summed E-state index contributed by atoms with van der Waals surface area (Å²) in [5.74, 6) is -0.622. The third-order valence-corrected chi connectivity index (χ3v) is 3.70. The first-order valence-corrected chi connectivity index (χ1v) is 7.21. The van der Waals surface area contributed by atoms with Crippen molar-refractivity contribution in [2.75, 3.05) is 5.73 Å². The Morgan fingerprint density at radius 1 is 1.14 bits per heavy atom. The Balaban J connectivity index is 0.00000176. The second-order valence-electron chi connectivity index (χ2n) is 4.31. The Bertz CT molecular complexity index is 922. The summed E-state index contributed by atoms with van der Waals surface area (Å²) >= 11 is 0. The SMILES string of the molecule is Nc1cc(S(=O)(=O)O)cc(-n2nc3ccccc3n2)c1[O-].[Na+]. The van der Waals surface area contributed by atoms with Crippen molar-refractivity contribution in [3.8, 4) is 11.4 Å². The zero-order valence-electron chi connectivity index (χ0n) is 11.5. The van der Waals surface area contributed by atoms with Crippen molar-refractivity contribution in [1.82, 2.24) is 15.0 Å². The zero-order chi connectivity index (χ0) is 15.2. The zero-order valence-corrected chi connectivity index (χ0v) is 14.3. The second-order valence-corrected chi connectivity index (χ2v) is 5.74. The third-order valence-electron chi connectivity index (χ3n) is 2.87. The molecule has 22 heavy (non-hydrogen) atoms. The molecule has 0 aliphatic heterocycles. The fourth-order valence-corrected chi connectivity index (χ4v) is 2.41. The van der Waals surface area contributed by atoms with Crippen LogP contribution in [0.25, 0.3) is 16.7 Å². The minimum Gasteiger partial charge on any atom is -0.870 e. The van der Waals surface area contributed by atoms with Crippen LogP contribution < -0.4 is 40.4 Å². The van der Waals surface area contributed by atoms with Gasteiger partial charge >= 0.3 is 29.6 Å². The van der Waals surface area contributed by atoms with Gasteiger partial charge < -0.3 is 10.8 Å². The molecule has 8 nitrogen and oxygen atoms in total. The normalized spacial score (nSPS) is 11.3. The molecule has 0 saturated carbocycles. The molecule has 0 spiro atoms. The van der Waals surface area contributed by atoms with Crippen LogP contribution in [0.4, 0.5) is 5.69 Å². The van der Waals surface area contributed by atoms with E-state index in [1.54, 1.807) is 24.3 Å². The molecule has 1 heterocycles. The maximum atomic E-state index is 12.0. The first-order chi connectivity index (χ1) is 9.86. The van der Waals surface area contributed by atoms with E-state index in [0.717, 1.165) is 16.9 Å². The molecule has 0 aliphatic carbocycles. The molecule has 0 aliphatic rings. The number of nitrogens with zero attached hydrogens (tertiary/aromatic N) is 3. The summed E-state index contributed by atoms with van der Waals surface area (Å²) in [5.41, 5.74) is 6.09. The van der Waals surface area contributed by atoms with E-state index in [9.17, 15) is 13.5 Å². The molecule has 10 heteroatoms. The first kappa shape index (κ1) is 16.7. The number of hydrogen-bond donors (Lipinski definition) is 2. The number of rotatable bonds is 2. The molecule has 0 unspecified atom stereocenters. The van der Waals surface area contributed by atoms with Gasteiger partial charge in [0.05, 0.1) is 10.6 Å². The van der Waals surface area contributed by atoms with Crippen LogP contribution in [-0.4, -0.2) is 28.0 Å². The van der Waals surface area contributed by atoms with Crippen LogP contribution in [0, 0.1) is 0 Å². The van der Waals surface area contributed by atoms with Crippen LogP contribution in [0.15, 0.2) is 41.3 Å². The average Bonchev–Trinajstić information content (AvgIpc) is 2.84. The molecule has 0 amide bonds. The predicted octanol–water partition coefficient (Wildman–Crippen LogP) is -2.67. The molecule has 1 aromatic heterocycles. The summed E-state index contributed by atoms with van der Waals surface area (Å²) < 4.78 is 31.5. The Labute approximate surface area is 147 Å². The predicted molar refractivity (Wildman–Crippen MR) is 72.5 cm³/mol. The average molecular weight is 328 g/mol. The van der Waals surface area contributed by atoms with Gasteiger partial charge in [-0.2, -0.15) is 13.2 Å². The van der Waals surface area contributed by atoms with E-state index in [-0.39, 0.29) is 40.9 Å². The number of benzene rings is 2. The van der Waals surface area contributed by atoms with E-state index in [4.69, 9.17) is 10.3 Å². The number of nitrogens with two attached hydrogens (primary N) is 1. The first-order valence-electron chi connectivity index (χ1n) is 5.77. The maximum Gasteiger partial charge on any atom is 1.00 e. The van der Waals surface area contributed by atoms with Gasteiger partial charge in [-0.3, -0.25) is 4.55 Å². The Morgan fingerprint density at radius 2 is 1.68 bits per heavy atom. The van der Waals surface area contributed by atoms with Gasteiger partial charge in [0, 0.05) is 5.69 Å². The molecule has 108 valence electrons. The van der Waals surface area contributed by atoms with Gasteiger partial charge in [0.15, 0.2) is 0 Å². The molecule has 0 radical (unpaired) electrons. The Kier molecular flexibility index (Phi) is 4.45. The van der Waals surface area contributed by atoms with Gasteiger partial charge in [-0.1, -0.05) is 17.9 Å². The summed E-state index contributed by atoms with van der Waals surface area (Å²) in [7, 11) is -4.49. The number of anilines is 1. The van der Waals surface area contributed by atoms with Gasteiger partial charge in [-0.15, -0.1) is 10.2 Å². The van der Waals surface area contributed by atoms with Crippen LogP contribution in [0.1, 0.15) is 0 Å². The van der Waals surface area contributed by atoms with Gasteiger partial charge in [0.25, 0.3) is 10.1 Å². The van der Waals surface area contributed by atoms with Gasteiger partial charge in [-0.05, 0) is 24.3 Å². The van der Waals surface area contributed by atoms with Crippen LogP contribution in [-0.2, 0) is 10.1 Å². The molecule has 3 aromatic rings. The summed E-state index contributed by atoms with van der Waals surface area (Å²) in [6.45, 7) is 0. The van der Waals surface area contributed by atoms with Crippen molar-refractivity contribution in [2.45, 2.75) is 4.90 Å². The van der Waals surface area contributed by atoms with Gasteiger partial charge in [0.1, 0.15) is 11.0 Å². The number of nitrogen functional groups attached to an aromatic ring is 1. The van der Waals surface area contributed by atoms with E-state index in [0.29, 0.717) is 11.0 Å². The van der Waals surface area contributed by atoms with Gasteiger partial charge in [-0.25, -0.2) is 0 Å². The fourth-order valence-electron chi connectivity index (χ4n) is 1.87. The van der Waals surface area contributed by atoms with Crippen LogP contribution in [0.5, 0.6) is 5.75 Å². The standard InChI is InChI=1S/C12H10N4O4S.Na/c13-8-5-7(21(18,19)20)6-11(12(8)17)16-14-9-3-1-2-4-10(9)15-16;/h1-6,17H,13H2,(H,18,19,20);/q;+1/p-1. The van der Waals surface area contributed by atoms with E-state index < -0.39 is 20.8 Å². The third kappa shape index (κ3) is 2.94. The Morgan fingerprint density at radius 3 is 2.18 bits per heavy atom. The summed E-state index contributed by atoms with van der Waals surface area (Å²) in [6.07, 6.45) is 0. The minimum atomic E-state index is -4.49. The van der Waals surface area contributed by atoms with E-state index in [1.165, 1.54) is 0 Å². The summed E-state index contributed by atoms with van der Waals surface area (Å²) in [5, 5.41) is 20.2. The van der Waals surface area contributed by atoms with Crippen LogP contribution in [0.2, 0.25) is 0 Å². The quantitative estimate of drug-likeness (QED) is 0.297. The topological polar surface area (TPSA) is 134 Å². The van der Waals surface area contributed by atoms with Gasteiger partial charge in [0.2, 0.25) is 0 Å². The molecular formula is C12H9N4NaO4S. The van der Waals surface area contributed by atoms with E-state index in [1.807, 2.05) is 0 Å². The maximum absolute atomic E-state index is 12.0. The summed E-state index contributed by atoms with van der Waals surface area (Å²) in [6, 6.07) is 8.76. The van der Waals surface area contributed by atoms with Crippen molar-refractivity contribution in [3.63, 3.8) is 0 Å². The fraction of sp³-hybridized carbons (Fsp3) is 0. The molecule has 0 saturated heterocycles. The molecule has 0 atom stereocenters. The molecule has 2 aromatic carbocycles. The van der Waals surface area contributed by atoms with E-state index >= 15 is 0 Å². The van der Waals surface area contributed by atoms with Crippen molar-refractivity contribution in [2.24, 2.45) is 0 Å². The molecule has 0 fully saturated rings. The van der Waals surface area contributed by atoms with Crippen molar-refractivity contribution >= 4 is 26.8 Å². The van der Waals surface area contributed by atoms with E-state index in [2.05, 4.69) is 10.2 Å². The van der Waals surface area contributed by atoms with Crippen LogP contribution >= 0.6 is 0 Å². The Hall–Kier alpha value is -1.65. The smallest absolute Gasteiger partial charge is 0.870 e. The molecule has 0 bridgehead atoms. The largest absolute Gasteiger partial charge is 1.00 e. The second kappa shape index (κ2) is 5.86. The number of aromatic nitrogens is 3. The monoisotopic (exact) mass is 328 g/mol.